The maximum Gasteiger partial charge on any atom is 0.260 e. The van der Waals surface area contributed by atoms with Gasteiger partial charge in [-0.1, -0.05) is 29.8 Å². The number of fused-ring (bicyclic) bond motifs is 1. The molecule has 2 heterocycles. The zero-order valence-electron chi connectivity index (χ0n) is 15.1. The molecule has 0 radical (unpaired) electrons. The van der Waals surface area contributed by atoms with Crippen LogP contribution >= 0.6 is 11.6 Å². The molecule has 0 saturated carbocycles. The SMILES string of the molecule is Cc1nn(-c2ccccc2)c(Cl)c1C(=O)Nc1ccc2c(c1)N(C)CCO2. The van der Waals surface area contributed by atoms with Crippen LogP contribution in [0.1, 0.15) is 16.1 Å². The van der Waals surface area contributed by atoms with Crippen molar-refractivity contribution >= 4 is 28.9 Å². The molecule has 27 heavy (non-hydrogen) atoms. The highest BCUT2D eigenvalue weighted by Crippen LogP contribution is 2.33. The highest BCUT2D eigenvalue weighted by molar-refractivity contribution is 6.34. The fourth-order valence-corrected chi connectivity index (χ4v) is 3.48. The summed E-state index contributed by atoms with van der Waals surface area (Å²) in [4.78, 5) is 15.0. The molecule has 7 heteroatoms. The van der Waals surface area contributed by atoms with Gasteiger partial charge < -0.3 is 15.0 Å². The number of aryl methyl sites for hydroxylation is 1. The average molecular weight is 383 g/mol. The highest BCUT2D eigenvalue weighted by Gasteiger charge is 2.22. The predicted molar refractivity (Wildman–Crippen MR) is 106 cm³/mol. The highest BCUT2D eigenvalue weighted by atomic mass is 35.5. The van der Waals surface area contributed by atoms with Crippen LogP contribution in [-0.4, -0.2) is 35.9 Å². The Bertz CT molecular complexity index is 1000. The van der Waals surface area contributed by atoms with Crippen LogP contribution in [0.2, 0.25) is 5.15 Å². The van der Waals surface area contributed by atoms with Gasteiger partial charge in [-0.3, -0.25) is 4.79 Å². The van der Waals surface area contributed by atoms with Crippen molar-refractivity contribution in [3.8, 4) is 11.4 Å². The summed E-state index contributed by atoms with van der Waals surface area (Å²) in [5.41, 5.74) is 3.36. The summed E-state index contributed by atoms with van der Waals surface area (Å²) in [5, 5.41) is 7.62. The van der Waals surface area contributed by atoms with Crippen molar-refractivity contribution in [3.05, 3.63) is 64.9 Å². The average Bonchev–Trinajstić information content (AvgIpc) is 2.97. The molecule has 1 amide bonds. The van der Waals surface area contributed by atoms with Gasteiger partial charge in [0.1, 0.15) is 23.1 Å². The molecule has 1 aliphatic rings. The molecule has 1 N–H and O–H groups in total. The number of benzene rings is 2. The number of aromatic nitrogens is 2. The quantitative estimate of drug-likeness (QED) is 0.746. The largest absolute Gasteiger partial charge is 0.490 e. The number of halogens is 1. The first kappa shape index (κ1) is 17.4. The first-order valence-electron chi connectivity index (χ1n) is 8.64. The van der Waals surface area contributed by atoms with Crippen molar-refractivity contribution < 1.29 is 9.53 Å². The maximum atomic E-state index is 12.9. The van der Waals surface area contributed by atoms with E-state index < -0.39 is 0 Å². The zero-order valence-corrected chi connectivity index (χ0v) is 15.8. The van der Waals surface area contributed by atoms with E-state index in [2.05, 4.69) is 15.3 Å². The van der Waals surface area contributed by atoms with E-state index in [1.54, 1.807) is 11.6 Å². The molecule has 0 spiro atoms. The predicted octanol–water partition coefficient (Wildman–Crippen LogP) is 3.92. The number of nitrogens with one attached hydrogen (secondary N) is 1. The second-order valence-electron chi connectivity index (χ2n) is 6.41. The molecule has 4 rings (SSSR count). The van der Waals surface area contributed by atoms with Crippen molar-refractivity contribution in [1.29, 1.82) is 0 Å². The van der Waals surface area contributed by atoms with Gasteiger partial charge in [0.2, 0.25) is 0 Å². The van der Waals surface area contributed by atoms with Crippen molar-refractivity contribution in [2.75, 3.05) is 30.4 Å². The Balaban J connectivity index is 1.63. The lowest BCUT2D eigenvalue weighted by Gasteiger charge is -2.28. The summed E-state index contributed by atoms with van der Waals surface area (Å²) in [6.07, 6.45) is 0. The first-order chi connectivity index (χ1) is 13.0. The number of amides is 1. The molecular formula is C20H19ClN4O2. The van der Waals surface area contributed by atoms with Crippen molar-refractivity contribution in [3.63, 3.8) is 0 Å². The Morgan fingerprint density at radius 2 is 2.00 bits per heavy atom. The molecular weight excluding hydrogens is 364 g/mol. The number of likely N-dealkylation sites (N-methyl/N-ethyl adjacent to an activating group) is 1. The Hall–Kier alpha value is -2.99. The lowest BCUT2D eigenvalue weighted by atomic mass is 10.2. The molecule has 0 bridgehead atoms. The summed E-state index contributed by atoms with van der Waals surface area (Å²) in [6.45, 7) is 3.23. The van der Waals surface area contributed by atoms with Crippen LogP contribution in [0.5, 0.6) is 5.75 Å². The molecule has 1 aromatic heterocycles. The number of nitrogens with zero attached hydrogens (tertiary/aromatic N) is 3. The number of para-hydroxylation sites is 1. The van der Waals surface area contributed by atoms with Gasteiger partial charge in [-0.25, -0.2) is 4.68 Å². The van der Waals surface area contributed by atoms with Gasteiger partial charge in [0.25, 0.3) is 5.91 Å². The fourth-order valence-electron chi connectivity index (χ4n) is 3.12. The lowest BCUT2D eigenvalue weighted by Crippen LogP contribution is -2.28. The number of hydrogen-bond donors (Lipinski definition) is 1. The number of hydrogen-bond acceptors (Lipinski definition) is 4. The third-order valence-electron chi connectivity index (χ3n) is 4.54. The Kier molecular flexibility index (Phi) is 4.49. The van der Waals surface area contributed by atoms with Gasteiger partial charge in [0.15, 0.2) is 0 Å². The normalized spacial score (nSPS) is 13.1. The summed E-state index contributed by atoms with van der Waals surface area (Å²) in [5.74, 6) is 0.520. The van der Waals surface area contributed by atoms with Crippen LogP contribution in [0.4, 0.5) is 11.4 Å². The fraction of sp³-hybridized carbons (Fsp3) is 0.200. The number of rotatable bonds is 3. The van der Waals surface area contributed by atoms with E-state index in [9.17, 15) is 4.79 Å². The minimum atomic E-state index is -0.293. The monoisotopic (exact) mass is 382 g/mol. The van der Waals surface area contributed by atoms with Crippen LogP contribution in [0.15, 0.2) is 48.5 Å². The summed E-state index contributed by atoms with van der Waals surface area (Å²) < 4.78 is 7.21. The topological polar surface area (TPSA) is 59.4 Å². The lowest BCUT2D eigenvalue weighted by molar-refractivity contribution is 0.102. The van der Waals surface area contributed by atoms with E-state index in [0.29, 0.717) is 23.6 Å². The molecule has 1 aliphatic heterocycles. The Morgan fingerprint density at radius 1 is 1.22 bits per heavy atom. The zero-order chi connectivity index (χ0) is 19.0. The smallest absolute Gasteiger partial charge is 0.260 e. The Labute approximate surface area is 162 Å². The molecule has 6 nitrogen and oxygen atoms in total. The van der Waals surface area contributed by atoms with Gasteiger partial charge in [-0.2, -0.15) is 5.10 Å². The van der Waals surface area contributed by atoms with Crippen LogP contribution in [0.3, 0.4) is 0 Å². The number of ether oxygens (including phenoxy) is 1. The van der Waals surface area contributed by atoms with Crippen molar-refractivity contribution in [2.45, 2.75) is 6.92 Å². The molecule has 0 aliphatic carbocycles. The maximum absolute atomic E-state index is 12.9. The van der Waals surface area contributed by atoms with Gasteiger partial charge >= 0.3 is 0 Å². The summed E-state index contributed by atoms with van der Waals surface area (Å²) in [6, 6.07) is 15.1. The third-order valence-corrected chi connectivity index (χ3v) is 4.89. The molecule has 0 unspecified atom stereocenters. The van der Waals surface area contributed by atoms with Crippen molar-refractivity contribution in [1.82, 2.24) is 9.78 Å². The van der Waals surface area contributed by atoms with Crippen molar-refractivity contribution in [2.24, 2.45) is 0 Å². The van der Waals surface area contributed by atoms with Gasteiger partial charge in [-0.05, 0) is 37.3 Å². The van der Waals surface area contributed by atoms with Crippen LogP contribution in [0.25, 0.3) is 5.69 Å². The number of carbonyl (C=O) groups excluding carboxylic acids is 1. The molecule has 0 atom stereocenters. The summed E-state index contributed by atoms with van der Waals surface area (Å²) in [7, 11) is 2.00. The molecule has 2 aromatic carbocycles. The second-order valence-corrected chi connectivity index (χ2v) is 6.76. The second kappa shape index (κ2) is 6.96. The first-order valence-corrected chi connectivity index (χ1v) is 9.02. The minimum absolute atomic E-state index is 0.287. The van der Waals surface area contributed by atoms with Crippen LogP contribution < -0.4 is 15.0 Å². The van der Waals surface area contributed by atoms with E-state index in [1.807, 2.05) is 55.6 Å². The van der Waals surface area contributed by atoms with Gasteiger partial charge in [0, 0.05) is 12.7 Å². The van der Waals surface area contributed by atoms with E-state index in [4.69, 9.17) is 16.3 Å². The minimum Gasteiger partial charge on any atom is -0.490 e. The van der Waals surface area contributed by atoms with E-state index in [0.717, 1.165) is 23.7 Å². The molecule has 3 aromatic rings. The van der Waals surface area contributed by atoms with Gasteiger partial charge in [-0.15, -0.1) is 0 Å². The van der Waals surface area contributed by atoms with Crippen LogP contribution in [0, 0.1) is 6.92 Å². The molecule has 0 fully saturated rings. The van der Waals surface area contributed by atoms with E-state index in [-0.39, 0.29) is 11.1 Å². The molecule has 0 saturated heterocycles. The molecule has 138 valence electrons. The third kappa shape index (κ3) is 3.24. The van der Waals surface area contributed by atoms with Gasteiger partial charge in [0.05, 0.1) is 23.6 Å². The van der Waals surface area contributed by atoms with E-state index >= 15 is 0 Å². The standard InChI is InChI=1S/C20H19ClN4O2/c1-13-18(19(21)25(23-13)15-6-4-3-5-7-15)20(26)22-14-8-9-17-16(12-14)24(2)10-11-27-17/h3-9,12H,10-11H2,1-2H3,(H,22,26). The Morgan fingerprint density at radius 3 is 2.78 bits per heavy atom. The van der Waals surface area contributed by atoms with Crippen LogP contribution in [-0.2, 0) is 0 Å². The number of carbonyl (C=O) groups is 1. The van der Waals surface area contributed by atoms with E-state index in [1.165, 1.54) is 0 Å². The number of anilines is 2. The summed E-state index contributed by atoms with van der Waals surface area (Å²) >= 11 is 6.48.